The third-order valence-electron chi connectivity index (χ3n) is 1.97. The average molecular weight is 269 g/mol. The molecular formula is C10H9ClN4OS. The van der Waals surface area contributed by atoms with E-state index in [2.05, 4.69) is 15.0 Å². The number of rotatable bonds is 2. The van der Waals surface area contributed by atoms with Crippen LogP contribution in [0.2, 0.25) is 5.15 Å². The molecule has 0 aromatic carbocycles. The second-order valence-corrected chi connectivity index (χ2v) is 4.77. The van der Waals surface area contributed by atoms with Crippen molar-refractivity contribution in [2.45, 2.75) is 17.0 Å². The van der Waals surface area contributed by atoms with E-state index in [0.29, 0.717) is 10.3 Å². The molecule has 2 aromatic heterocycles. The number of anilines is 1. The summed E-state index contributed by atoms with van der Waals surface area (Å²) in [6.45, 7) is 1.90. The number of nitrogens with zero attached hydrogens (tertiary/aromatic N) is 2. The van der Waals surface area contributed by atoms with Gasteiger partial charge in [0.1, 0.15) is 11.0 Å². The molecule has 17 heavy (non-hydrogen) atoms. The number of hydrogen-bond acceptors (Lipinski definition) is 5. The molecule has 88 valence electrons. The molecule has 7 heteroatoms. The Balaban J connectivity index is 2.37. The van der Waals surface area contributed by atoms with E-state index in [-0.39, 0.29) is 11.4 Å². The van der Waals surface area contributed by atoms with Gasteiger partial charge in [-0.3, -0.25) is 4.79 Å². The number of aromatic nitrogens is 3. The van der Waals surface area contributed by atoms with Crippen molar-refractivity contribution >= 4 is 29.2 Å². The topological polar surface area (TPSA) is 84.7 Å². The van der Waals surface area contributed by atoms with Crippen LogP contribution in [0.5, 0.6) is 0 Å². The number of pyridine rings is 1. The van der Waals surface area contributed by atoms with E-state index >= 15 is 0 Å². The quantitative estimate of drug-likeness (QED) is 0.641. The minimum Gasteiger partial charge on any atom is -0.383 e. The van der Waals surface area contributed by atoms with Crippen molar-refractivity contribution in [2.75, 3.05) is 5.73 Å². The van der Waals surface area contributed by atoms with E-state index in [1.54, 1.807) is 12.3 Å². The minimum atomic E-state index is -0.280. The van der Waals surface area contributed by atoms with Gasteiger partial charge in [-0.25, -0.2) is 9.97 Å². The zero-order valence-corrected chi connectivity index (χ0v) is 10.5. The van der Waals surface area contributed by atoms with Gasteiger partial charge in [-0.15, -0.1) is 0 Å². The van der Waals surface area contributed by atoms with Crippen LogP contribution in [-0.2, 0) is 0 Å². The zero-order chi connectivity index (χ0) is 12.4. The molecule has 0 unspecified atom stereocenters. The molecule has 0 radical (unpaired) electrons. The smallest absolute Gasteiger partial charge is 0.253 e. The molecule has 0 aliphatic rings. The molecule has 2 rings (SSSR count). The fourth-order valence-electron chi connectivity index (χ4n) is 1.20. The SMILES string of the molecule is Cc1cnc(Cl)cc1Sc1nc(N)cc(=O)[nH]1. The van der Waals surface area contributed by atoms with Gasteiger partial charge in [-0.05, 0) is 18.6 Å². The largest absolute Gasteiger partial charge is 0.383 e. The van der Waals surface area contributed by atoms with Crippen molar-refractivity contribution in [1.82, 2.24) is 15.0 Å². The molecule has 5 nitrogen and oxygen atoms in total. The molecule has 0 saturated carbocycles. The summed E-state index contributed by atoms with van der Waals surface area (Å²) in [6.07, 6.45) is 1.66. The van der Waals surface area contributed by atoms with Crippen molar-refractivity contribution in [1.29, 1.82) is 0 Å². The first-order valence-corrected chi connectivity index (χ1v) is 5.91. The van der Waals surface area contributed by atoms with Crippen molar-refractivity contribution in [2.24, 2.45) is 0 Å². The van der Waals surface area contributed by atoms with Crippen LogP contribution in [0.15, 0.2) is 33.2 Å². The van der Waals surface area contributed by atoms with E-state index in [0.717, 1.165) is 10.5 Å². The second kappa shape index (κ2) is 4.77. The van der Waals surface area contributed by atoms with Crippen LogP contribution in [0.25, 0.3) is 0 Å². The van der Waals surface area contributed by atoms with Gasteiger partial charge >= 0.3 is 0 Å². The van der Waals surface area contributed by atoms with Crippen LogP contribution in [0.1, 0.15) is 5.56 Å². The highest BCUT2D eigenvalue weighted by molar-refractivity contribution is 7.99. The Morgan fingerprint density at radius 2 is 2.24 bits per heavy atom. The number of nitrogen functional groups attached to an aromatic ring is 1. The first-order valence-electron chi connectivity index (χ1n) is 4.71. The van der Waals surface area contributed by atoms with Gasteiger partial charge in [0, 0.05) is 17.2 Å². The molecule has 2 heterocycles. The van der Waals surface area contributed by atoms with Gasteiger partial charge in [-0.2, -0.15) is 0 Å². The van der Waals surface area contributed by atoms with Crippen molar-refractivity contribution < 1.29 is 0 Å². The summed E-state index contributed by atoms with van der Waals surface area (Å²) in [5.41, 5.74) is 6.17. The third kappa shape index (κ3) is 2.98. The summed E-state index contributed by atoms with van der Waals surface area (Å²) < 4.78 is 0. The average Bonchev–Trinajstić information content (AvgIpc) is 2.22. The maximum atomic E-state index is 11.2. The maximum Gasteiger partial charge on any atom is 0.253 e. The highest BCUT2D eigenvalue weighted by Gasteiger charge is 2.06. The summed E-state index contributed by atoms with van der Waals surface area (Å²) in [5.74, 6) is 0.189. The first-order chi connectivity index (χ1) is 8.04. The normalized spacial score (nSPS) is 10.5. The molecule has 2 aromatic rings. The van der Waals surface area contributed by atoms with E-state index in [4.69, 9.17) is 17.3 Å². The lowest BCUT2D eigenvalue weighted by molar-refractivity contribution is 0.944. The van der Waals surface area contributed by atoms with Crippen molar-refractivity contribution in [3.63, 3.8) is 0 Å². The summed E-state index contributed by atoms with van der Waals surface area (Å²) in [5, 5.41) is 0.824. The van der Waals surface area contributed by atoms with Gasteiger partial charge in [0.25, 0.3) is 5.56 Å². The fourth-order valence-corrected chi connectivity index (χ4v) is 2.31. The first kappa shape index (κ1) is 11.9. The molecule has 0 spiro atoms. The van der Waals surface area contributed by atoms with E-state index in [1.165, 1.54) is 17.8 Å². The van der Waals surface area contributed by atoms with Crippen LogP contribution in [0.4, 0.5) is 5.82 Å². The fraction of sp³-hybridized carbons (Fsp3) is 0.100. The van der Waals surface area contributed by atoms with Crippen molar-refractivity contribution in [3.8, 4) is 0 Å². The summed E-state index contributed by atoms with van der Waals surface area (Å²) >= 11 is 7.09. The lowest BCUT2D eigenvalue weighted by Crippen LogP contribution is -2.09. The third-order valence-corrected chi connectivity index (χ3v) is 3.22. The lowest BCUT2D eigenvalue weighted by Gasteiger charge is -2.04. The predicted molar refractivity (Wildman–Crippen MR) is 67.4 cm³/mol. The molecule has 0 fully saturated rings. The molecule has 3 N–H and O–H groups in total. The van der Waals surface area contributed by atoms with Gasteiger partial charge in [0.05, 0.1) is 0 Å². The monoisotopic (exact) mass is 268 g/mol. The number of nitrogens with two attached hydrogens (primary N) is 1. The Bertz CT molecular complexity index is 613. The molecule has 0 saturated heterocycles. The Hall–Kier alpha value is -1.53. The predicted octanol–water partition coefficient (Wildman–Crippen LogP) is 1.86. The highest BCUT2D eigenvalue weighted by Crippen LogP contribution is 2.28. The van der Waals surface area contributed by atoms with Gasteiger partial charge in [-0.1, -0.05) is 23.4 Å². The maximum absolute atomic E-state index is 11.2. The minimum absolute atomic E-state index is 0.189. The highest BCUT2D eigenvalue weighted by atomic mass is 35.5. The molecular weight excluding hydrogens is 260 g/mol. The van der Waals surface area contributed by atoms with E-state index in [1.807, 2.05) is 6.92 Å². The van der Waals surface area contributed by atoms with Crippen LogP contribution in [-0.4, -0.2) is 15.0 Å². The summed E-state index contributed by atoms with van der Waals surface area (Å²) in [4.78, 5) is 22.7. The number of hydrogen-bond donors (Lipinski definition) is 2. The molecule has 0 atom stereocenters. The Labute approximate surface area is 106 Å². The van der Waals surface area contributed by atoms with E-state index in [9.17, 15) is 4.79 Å². The molecule has 0 aliphatic carbocycles. The second-order valence-electron chi connectivity index (χ2n) is 3.35. The number of nitrogens with one attached hydrogen (secondary N) is 1. The van der Waals surface area contributed by atoms with Gasteiger partial charge < -0.3 is 10.7 Å². The number of aryl methyl sites for hydroxylation is 1. The van der Waals surface area contributed by atoms with Crippen LogP contribution < -0.4 is 11.3 Å². The van der Waals surface area contributed by atoms with Gasteiger partial charge in [0.15, 0.2) is 5.16 Å². The molecule has 0 aliphatic heterocycles. The number of aromatic amines is 1. The Morgan fingerprint density at radius 3 is 2.94 bits per heavy atom. The number of H-pyrrole nitrogens is 1. The van der Waals surface area contributed by atoms with Crippen molar-refractivity contribution in [3.05, 3.63) is 39.4 Å². The number of halogens is 1. The Morgan fingerprint density at radius 1 is 1.47 bits per heavy atom. The van der Waals surface area contributed by atoms with Crippen LogP contribution in [0, 0.1) is 6.92 Å². The summed E-state index contributed by atoms with van der Waals surface area (Å²) in [6, 6.07) is 2.95. The Kier molecular flexibility index (Phi) is 3.35. The van der Waals surface area contributed by atoms with Gasteiger partial charge in [0.2, 0.25) is 0 Å². The lowest BCUT2D eigenvalue weighted by atomic mass is 10.3. The van der Waals surface area contributed by atoms with Crippen LogP contribution in [0.3, 0.4) is 0 Å². The zero-order valence-electron chi connectivity index (χ0n) is 8.90. The standard InChI is InChI=1S/C10H9ClN4OS/c1-5-4-13-7(11)2-6(5)17-10-14-8(12)3-9(16)15-10/h2-4H,1H3,(H3,12,14,15,16). The van der Waals surface area contributed by atoms with E-state index < -0.39 is 0 Å². The molecule has 0 bridgehead atoms. The van der Waals surface area contributed by atoms with Crippen LogP contribution >= 0.6 is 23.4 Å². The summed E-state index contributed by atoms with van der Waals surface area (Å²) in [7, 11) is 0. The molecule has 0 amide bonds.